The highest BCUT2D eigenvalue weighted by molar-refractivity contribution is 5.56. The summed E-state index contributed by atoms with van der Waals surface area (Å²) in [6, 6.07) is 44.1. The molecule has 0 radical (unpaired) electrons. The summed E-state index contributed by atoms with van der Waals surface area (Å²) in [4.78, 5) is 21.8. The van der Waals surface area contributed by atoms with E-state index in [1.807, 2.05) is 134 Å². The molecule has 7 heteroatoms. The van der Waals surface area contributed by atoms with E-state index in [1.165, 1.54) is 0 Å². The fourth-order valence-electron chi connectivity index (χ4n) is 4.87. The third-order valence-electron chi connectivity index (χ3n) is 6.74. The van der Waals surface area contributed by atoms with E-state index in [9.17, 15) is 0 Å². The fraction of sp³-hybridized carbons (Fsp3) is 0.0857. The van der Waals surface area contributed by atoms with Gasteiger partial charge < -0.3 is 10.6 Å². The zero-order valence-corrected chi connectivity index (χ0v) is 23.1. The van der Waals surface area contributed by atoms with Crippen molar-refractivity contribution in [1.82, 2.24) is 24.8 Å². The number of para-hydroxylation sites is 2. The molecule has 6 aromatic rings. The molecule has 0 aliphatic rings. The minimum Gasteiger partial charge on any atom is -0.340 e. The van der Waals surface area contributed by atoms with Crippen LogP contribution >= 0.6 is 0 Å². The van der Waals surface area contributed by atoms with Gasteiger partial charge in [-0.1, -0.05) is 60.7 Å². The molecule has 0 saturated heterocycles. The van der Waals surface area contributed by atoms with Crippen LogP contribution in [0.5, 0.6) is 0 Å². The largest absolute Gasteiger partial charge is 0.340 e. The van der Waals surface area contributed by atoms with Crippen molar-refractivity contribution in [3.8, 4) is 0 Å². The van der Waals surface area contributed by atoms with Crippen molar-refractivity contribution < 1.29 is 0 Å². The number of hydrogen-bond acceptors (Lipinski definition) is 7. The topological polar surface area (TPSA) is 78.9 Å². The van der Waals surface area contributed by atoms with Crippen LogP contribution in [0, 0.1) is 0 Å². The Morgan fingerprint density at radius 1 is 0.476 bits per heavy atom. The number of anilines is 4. The van der Waals surface area contributed by atoms with Gasteiger partial charge >= 0.3 is 0 Å². The Morgan fingerprint density at radius 2 is 0.929 bits per heavy atom. The summed E-state index contributed by atoms with van der Waals surface area (Å²) >= 11 is 0. The first kappa shape index (κ1) is 26.8. The van der Waals surface area contributed by atoms with Crippen molar-refractivity contribution in [3.05, 3.63) is 169 Å². The molecule has 0 aliphatic heterocycles. The number of pyridine rings is 4. The number of nitrogens with zero attached hydrogens (tertiary/aromatic N) is 5. The third kappa shape index (κ3) is 7.02. The number of aromatic nitrogens is 4. The molecule has 0 spiro atoms. The molecule has 42 heavy (non-hydrogen) atoms. The van der Waals surface area contributed by atoms with Crippen molar-refractivity contribution in [3.63, 3.8) is 0 Å². The molecular formula is C35H31N7. The Kier molecular flexibility index (Phi) is 8.49. The van der Waals surface area contributed by atoms with Gasteiger partial charge in [0.15, 0.2) is 0 Å². The number of rotatable bonds is 11. The van der Waals surface area contributed by atoms with Gasteiger partial charge in [0.05, 0.1) is 28.8 Å². The zero-order chi connectivity index (χ0) is 28.4. The molecule has 0 unspecified atom stereocenters. The van der Waals surface area contributed by atoms with Crippen LogP contribution < -0.4 is 10.6 Å². The van der Waals surface area contributed by atoms with Crippen molar-refractivity contribution in [2.45, 2.75) is 19.1 Å². The lowest BCUT2D eigenvalue weighted by Crippen LogP contribution is -2.31. The molecule has 6 rings (SSSR count). The van der Waals surface area contributed by atoms with E-state index in [4.69, 9.17) is 19.9 Å². The fourth-order valence-corrected chi connectivity index (χ4v) is 4.87. The van der Waals surface area contributed by atoms with E-state index in [-0.39, 0.29) is 6.04 Å². The quantitative estimate of drug-likeness (QED) is 0.173. The Morgan fingerprint density at radius 3 is 1.36 bits per heavy atom. The Labute approximate surface area is 246 Å². The molecular weight excluding hydrogens is 518 g/mol. The SMILES string of the molecule is c1ccc(Nc2cccc(CN(Cc3cccc(Nc4ccccc4)n3)C(c3ccccn3)c3ccccn3)n2)cc1. The summed E-state index contributed by atoms with van der Waals surface area (Å²) < 4.78 is 0. The van der Waals surface area contributed by atoms with Crippen molar-refractivity contribution in [2.75, 3.05) is 10.6 Å². The average molecular weight is 550 g/mol. The van der Waals surface area contributed by atoms with E-state index in [2.05, 4.69) is 27.7 Å². The van der Waals surface area contributed by atoms with Crippen LogP contribution in [-0.2, 0) is 13.1 Å². The maximum absolute atomic E-state index is 4.97. The van der Waals surface area contributed by atoms with E-state index in [0.717, 1.165) is 45.8 Å². The van der Waals surface area contributed by atoms with Gasteiger partial charge in [-0.25, -0.2) is 9.97 Å². The van der Waals surface area contributed by atoms with Crippen LogP contribution in [0.4, 0.5) is 23.0 Å². The van der Waals surface area contributed by atoms with Crippen LogP contribution in [0.15, 0.2) is 146 Å². The van der Waals surface area contributed by atoms with Gasteiger partial charge in [0, 0.05) is 36.9 Å². The second kappa shape index (κ2) is 13.3. The minimum atomic E-state index is -0.215. The molecule has 4 aromatic heterocycles. The van der Waals surface area contributed by atoms with Crippen LogP contribution in [0.1, 0.15) is 28.8 Å². The standard InChI is InChI=1S/C35H31N7/c1-3-13-27(14-4-1)38-33-21-11-17-29(40-33)25-42(35(31-19-7-9-23-36-31)32-20-8-10-24-37-32)26-30-18-12-22-34(41-30)39-28-15-5-2-6-16-28/h1-24,35H,25-26H2,(H,38,40)(H,39,41). The first-order valence-corrected chi connectivity index (χ1v) is 13.9. The Bertz CT molecular complexity index is 1550. The van der Waals surface area contributed by atoms with Gasteiger partial charge in [-0.2, -0.15) is 0 Å². The molecule has 206 valence electrons. The first-order valence-electron chi connectivity index (χ1n) is 13.9. The lowest BCUT2D eigenvalue weighted by molar-refractivity contribution is 0.195. The molecule has 0 atom stereocenters. The second-order valence-electron chi connectivity index (χ2n) is 9.83. The van der Waals surface area contributed by atoms with Gasteiger partial charge in [-0.3, -0.25) is 14.9 Å². The molecule has 0 amide bonds. The van der Waals surface area contributed by atoms with Crippen LogP contribution in [0.3, 0.4) is 0 Å². The van der Waals surface area contributed by atoms with Gasteiger partial charge in [-0.05, 0) is 72.8 Å². The summed E-state index contributed by atoms with van der Waals surface area (Å²) in [5, 5.41) is 6.83. The Hall–Kier alpha value is -5.40. The summed E-state index contributed by atoms with van der Waals surface area (Å²) in [5.74, 6) is 1.58. The molecule has 0 bridgehead atoms. The second-order valence-corrected chi connectivity index (χ2v) is 9.83. The highest BCUT2D eigenvalue weighted by atomic mass is 15.2. The highest BCUT2D eigenvalue weighted by Gasteiger charge is 2.26. The van der Waals surface area contributed by atoms with Crippen LogP contribution in [0.25, 0.3) is 0 Å². The molecule has 0 fully saturated rings. The predicted octanol–water partition coefficient (Wildman–Crippen LogP) is 7.55. The summed E-state index contributed by atoms with van der Waals surface area (Å²) in [6.45, 7) is 1.11. The van der Waals surface area contributed by atoms with Crippen LogP contribution in [0.2, 0.25) is 0 Å². The third-order valence-corrected chi connectivity index (χ3v) is 6.74. The number of benzene rings is 2. The smallest absolute Gasteiger partial charge is 0.130 e. The molecule has 0 aliphatic carbocycles. The van der Waals surface area contributed by atoms with Gasteiger partial charge in [-0.15, -0.1) is 0 Å². The zero-order valence-electron chi connectivity index (χ0n) is 23.1. The van der Waals surface area contributed by atoms with E-state index in [1.54, 1.807) is 0 Å². The van der Waals surface area contributed by atoms with Crippen molar-refractivity contribution in [2.24, 2.45) is 0 Å². The summed E-state index contributed by atoms with van der Waals surface area (Å²) in [6.07, 6.45) is 3.66. The maximum Gasteiger partial charge on any atom is 0.130 e. The lowest BCUT2D eigenvalue weighted by Gasteiger charge is -2.31. The monoisotopic (exact) mass is 549 g/mol. The number of hydrogen-bond donors (Lipinski definition) is 2. The average Bonchev–Trinajstić information content (AvgIpc) is 3.04. The van der Waals surface area contributed by atoms with Gasteiger partial charge in [0.25, 0.3) is 0 Å². The first-order chi connectivity index (χ1) is 20.8. The van der Waals surface area contributed by atoms with Crippen molar-refractivity contribution >= 4 is 23.0 Å². The minimum absolute atomic E-state index is 0.215. The molecule has 4 heterocycles. The lowest BCUT2D eigenvalue weighted by atomic mass is 10.1. The maximum atomic E-state index is 4.97. The van der Waals surface area contributed by atoms with Gasteiger partial charge in [0.1, 0.15) is 11.6 Å². The predicted molar refractivity (Wildman–Crippen MR) is 167 cm³/mol. The van der Waals surface area contributed by atoms with Crippen molar-refractivity contribution in [1.29, 1.82) is 0 Å². The van der Waals surface area contributed by atoms with Gasteiger partial charge in [0.2, 0.25) is 0 Å². The molecule has 2 N–H and O–H groups in total. The van der Waals surface area contributed by atoms with Crippen LogP contribution in [-0.4, -0.2) is 24.8 Å². The summed E-state index contributed by atoms with van der Waals surface area (Å²) in [5.41, 5.74) is 5.65. The highest BCUT2D eigenvalue weighted by Crippen LogP contribution is 2.29. The Balaban J connectivity index is 1.34. The van der Waals surface area contributed by atoms with E-state index < -0.39 is 0 Å². The summed E-state index contributed by atoms with van der Waals surface area (Å²) in [7, 11) is 0. The molecule has 0 saturated carbocycles. The van der Waals surface area contributed by atoms with E-state index in [0.29, 0.717) is 13.1 Å². The normalized spacial score (nSPS) is 11.0. The molecule has 7 nitrogen and oxygen atoms in total. The number of nitrogens with one attached hydrogen (secondary N) is 2. The van der Waals surface area contributed by atoms with E-state index >= 15 is 0 Å². The molecule has 2 aromatic carbocycles.